The molecule has 0 aliphatic carbocycles. The normalized spacial score (nSPS) is 10.9. The second kappa shape index (κ2) is 5.33. The summed E-state index contributed by atoms with van der Waals surface area (Å²) in [6.45, 7) is 0.590. The van der Waals surface area contributed by atoms with Crippen molar-refractivity contribution < 1.29 is 4.42 Å². The van der Waals surface area contributed by atoms with E-state index < -0.39 is 0 Å². The van der Waals surface area contributed by atoms with E-state index in [1.807, 2.05) is 30.3 Å². The van der Waals surface area contributed by atoms with Crippen LogP contribution in [0.5, 0.6) is 0 Å². The third-order valence-corrected chi connectivity index (χ3v) is 3.37. The van der Waals surface area contributed by atoms with Gasteiger partial charge in [0.05, 0.1) is 6.54 Å². The molecule has 0 fully saturated rings. The molecule has 0 bridgehead atoms. The lowest BCUT2D eigenvalue weighted by Gasteiger charge is -1.98. The van der Waals surface area contributed by atoms with Crippen LogP contribution in [0.25, 0.3) is 22.4 Å². The van der Waals surface area contributed by atoms with Gasteiger partial charge in [-0.15, -0.1) is 5.10 Å². The van der Waals surface area contributed by atoms with Crippen molar-refractivity contribution in [1.29, 1.82) is 0 Å². The zero-order valence-corrected chi connectivity index (χ0v) is 11.7. The van der Waals surface area contributed by atoms with Gasteiger partial charge in [0.1, 0.15) is 0 Å². The highest BCUT2D eigenvalue weighted by Gasteiger charge is 2.08. The topological polar surface area (TPSA) is 79.6 Å². The molecule has 0 aliphatic rings. The molecule has 4 rings (SSSR count). The van der Waals surface area contributed by atoms with Gasteiger partial charge in [-0.3, -0.25) is 4.98 Å². The average Bonchev–Trinajstić information content (AvgIpc) is 3.20. The first-order valence-electron chi connectivity index (χ1n) is 6.93. The summed E-state index contributed by atoms with van der Waals surface area (Å²) in [5.74, 6) is 0.474. The fourth-order valence-electron chi connectivity index (χ4n) is 2.31. The Morgan fingerprint density at radius 1 is 1.05 bits per heavy atom. The zero-order valence-electron chi connectivity index (χ0n) is 11.7. The first kappa shape index (κ1) is 12.6. The SMILES string of the molecule is c1ccc2[nH]c(CNc3nnc(-c4ccncc4)o3)cc2c1. The van der Waals surface area contributed by atoms with E-state index in [1.165, 1.54) is 5.39 Å². The number of nitrogens with one attached hydrogen (secondary N) is 2. The minimum Gasteiger partial charge on any atom is -0.403 e. The van der Waals surface area contributed by atoms with Gasteiger partial charge in [-0.05, 0) is 29.7 Å². The van der Waals surface area contributed by atoms with Gasteiger partial charge >= 0.3 is 6.01 Å². The third kappa shape index (κ3) is 2.42. The maximum absolute atomic E-state index is 5.59. The van der Waals surface area contributed by atoms with E-state index in [0.29, 0.717) is 18.5 Å². The van der Waals surface area contributed by atoms with Crippen LogP contribution in [0.2, 0.25) is 0 Å². The van der Waals surface area contributed by atoms with Crippen LogP contribution in [0.4, 0.5) is 6.01 Å². The molecule has 0 amide bonds. The number of benzene rings is 1. The van der Waals surface area contributed by atoms with Gasteiger partial charge in [0.15, 0.2) is 0 Å². The van der Waals surface area contributed by atoms with Gasteiger partial charge in [-0.25, -0.2) is 0 Å². The van der Waals surface area contributed by atoms with E-state index in [-0.39, 0.29) is 0 Å². The molecular weight excluding hydrogens is 278 g/mol. The average molecular weight is 291 g/mol. The molecule has 0 aliphatic heterocycles. The fourth-order valence-corrected chi connectivity index (χ4v) is 2.31. The van der Waals surface area contributed by atoms with E-state index >= 15 is 0 Å². The number of hydrogen-bond donors (Lipinski definition) is 2. The monoisotopic (exact) mass is 291 g/mol. The number of fused-ring (bicyclic) bond motifs is 1. The number of nitrogens with zero attached hydrogens (tertiary/aromatic N) is 3. The van der Waals surface area contributed by atoms with Crippen molar-refractivity contribution >= 4 is 16.9 Å². The quantitative estimate of drug-likeness (QED) is 0.603. The van der Waals surface area contributed by atoms with Crippen LogP contribution >= 0.6 is 0 Å². The van der Waals surface area contributed by atoms with Crippen LogP contribution in [-0.4, -0.2) is 20.2 Å². The third-order valence-electron chi connectivity index (χ3n) is 3.37. The highest BCUT2D eigenvalue weighted by Crippen LogP contribution is 2.19. The molecule has 0 atom stereocenters. The number of aromatic nitrogens is 4. The Hall–Kier alpha value is -3.15. The smallest absolute Gasteiger partial charge is 0.316 e. The molecular formula is C16H13N5O. The molecule has 6 heteroatoms. The van der Waals surface area contributed by atoms with Gasteiger partial charge < -0.3 is 14.7 Å². The number of hydrogen-bond acceptors (Lipinski definition) is 5. The largest absolute Gasteiger partial charge is 0.403 e. The molecule has 1 aromatic carbocycles. The summed E-state index contributed by atoms with van der Waals surface area (Å²) in [5.41, 5.74) is 3.02. The van der Waals surface area contributed by atoms with E-state index in [4.69, 9.17) is 4.42 Å². The van der Waals surface area contributed by atoms with Crippen molar-refractivity contribution in [2.45, 2.75) is 6.54 Å². The Morgan fingerprint density at radius 3 is 2.77 bits per heavy atom. The van der Waals surface area contributed by atoms with Crippen molar-refractivity contribution in [2.24, 2.45) is 0 Å². The standard InChI is InChI=1S/C16H13N5O/c1-2-4-14-12(3-1)9-13(19-14)10-18-16-21-20-15(22-16)11-5-7-17-8-6-11/h1-9,19H,10H2,(H,18,21). The van der Waals surface area contributed by atoms with Gasteiger partial charge in [0, 0.05) is 29.2 Å². The predicted octanol–water partition coefficient (Wildman–Crippen LogP) is 3.23. The molecule has 108 valence electrons. The molecule has 6 nitrogen and oxygen atoms in total. The number of para-hydroxylation sites is 1. The summed E-state index contributed by atoms with van der Waals surface area (Å²) in [7, 11) is 0. The lowest BCUT2D eigenvalue weighted by molar-refractivity contribution is 0.580. The summed E-state index contributed by atoms with van der Waals surface area (Å²) >= 11 is 0. The molecule has 22 heavy (non-hydrogen) atoms. The molecule has 0 saturated heterocycles. The van der Waals surface area contributed by atoms with Crippen LogP contribution in [-0.2, 0) is 6.54 Å². The van der Waals surface area contributed by atoms with E-state index in [0.717, 1.165) is 16.8 Å². The number of aromatic amines is 1. The lowest BCUT2D eigenvalue weighted by atomic mass is 10.2. The maximum atomic E-state index is 5.59. The second-order valence-electron chi connectivity index (χ2n) is 4.88. The van der Waals surface area contributed by atoms with E-state index in [1.54, 1.807) is 12.4 Å². The summed E-state index contributed by atoms with van der Waals surface area (Å²) in [5, 5.41) is 12.3. The van der Waals surface area contributed by atoms with Gasteiger partial charge in [-0.1, -0.05) is 23.3 Å². The Morgan fingerprint density at radius 2 is 1.91 bits per heavy atom. The number of rotatable bonds is 4. The van der Waals surface area contributed by atoms with Crippen LogP contribution in [0.3, 0.4) is 0 Å². The van der Waals surface area contributed by atoms with Gasteiger partial charge in [0.25, 0.3) is 0 Å². The van der Waals surface area contributed by atoms with E-state index in [2.05, 4.69) is 37.6 Å². The van der Waals surface area contributed by atoms with Crippen molar-refractivity contribution in [3.05, 3.63) is 60.6 Å². The molecule has 2 N–H and O–H groups in total. The Balaban J connectivity index is 1.49. The van der Waals surface area contributed by atoms with Crippen molar-refractivity contribution in [1.82, 2.24) is 20.2 Å². The Kier molecular flexibility index (Phi) is 3.05. The highest BCUT2D eigenvalue weighted by molar-refractivity contribution is 5.80. The Bertz CT molecular complexity index is 864. The van der Waals surface area contributed by atoms with Crippen LogP contribution in [0, 0.1) is 0 Å². The van der Waals surface area contributed by atoms with Crippen LogP contribution < -0.4 is 5.32 Å². The van der Waals surface area contributed by atoms with Crippen LogP contribution in [0.15, 0.2) is 59.3 Å². The first-order valence-corrected chi connectivity index (χ1v) is 6.93. The number of pyridine rings is 1. The predicted molar refractivity (Wildman–Crippen MR) is 83.2 cm³/mol. The minimum atomic E-state index is 0.394. The van der Waals surface area contributed by atoms with Crippen molar-refractivity contribution in [3.8, 4) is 11.5 Å². The molecule has 0 spiro atoms. The lowest BCUT2D eigenvalue weighted by Crippen LogP contribution is -1.99. The fraction of sp³-hybridized carbons (Fsp3) is 0.0625. The number of H-pyrrole nitrogens is 1. The van der Waals surface area contributed by atoms with Gasteiger partial charge in [-0.2, -0.15) is 0 Å². The van der Waals surface area contributed by atoms with Gasteiger partial charge in [0.2, 0.25) is 5.89 Å². The summed E-state index contributed by atoms with van der Waals surface area (Å²) in [4.78, 5) is 7.31. The van der Waals surface area contributed by atoms with Crippen LogP contribution in [0.1, 0.15) is 5.69 Å². The van der Waals surface area contributed by atoms with Crippen molar-refractivity contribution in [3.63, 3.8) is 0 Å². The first-order chi connectivity index (χ1) is 10.9. The zero-order chi connectivity index (χ0) is 14.8. The molecule has 0 unspecified atom stereocenters. The Labute approximate surface area is 126 Å². The van der Waals surface area contributed by atoms with Crippen molar-refractivity contribution in [2.75, 3.05) is 5.32 Å². The molecule has 0 saturated carbocycles. The summed E-state index contributed by atoms with van der Waals surface area (Å²) < 4.78 is 5.59. The molecule has 4 aromatic rings. The summed E-state index contributed by atoms with van der Waals surface area (Å²) in [6.07, 6.45) is 3.38. The second-order valence-corrected chi connectivity index (χ2v) is 4.88. The minimum absolute atomic E-state index is 0.394. The molecule has 0 radical (unpaired) electrons. The summed E-state index contributed by atoms with van der Waals surface area (Å²) in [6, 6.07) is 14.3. The number of anilines is 1. The highest BCUT2D eigenvalue weighted by atomic mass is 16.4. The van der Waals surface area contributed by atoms with E-state index in [9.17, 15) is 0 Å². The molecule has 3 heterocycles. The maximum Gasteiger partial charge on any atom is 0.316 e. The molecule has 3 aromatic heterocycles.